The zero-order chi connectivity index (χ0) is 17.2. The van der Waals surface area contributed by atoms with Crippen LogP contribution in [-0.4, -0.2) is 45.1 Å². The first-order chi connectivity index (χ1) is 12.3. The molecule has 0 aromatic carbocycles. The largest absolute Gasteiger partial charge is 0.404 e. The Kier molecular flexibility index (Phi) is 4.35. The third-order valence-electron chi connectivity index (χ3n) is 5.10. The molecule has 0 radical (unpaired) electrons. The summed E-state index contributed by atoms with van der Waals surface area (Å²) in [5.74, 6) is 1.03. The van der Waals surface area contributed by atoms with Gasteiger partial charge in [-0.05, 0) is 31.6 Å². The highest BCUT2D eigenvalue weighted by molar-refractivity contribution is 6.08. The lowest BCUT2D eigenvalue weighted by Crippen LogP contribution is -2.28. The van der Waals surface area contributed by atoms with Gasteiger partial charge < -0.3 is 21.2 Å². The molecular weight excluding hydrogens is 318 g/mol. The molecule has 2 aliphatic rings. The highest BCUT2D eigenvalue weighted by atomic mass is 16.5. The molecule has 0 spiro atoms. The summed E-state index contributed by atoms with van der Waals surface area (Å²) in [6.07, 6.45) is 9.69. The molecule has 4 N–H and O–H groups in total. The minimum Gasteiger partial charge on any atom is -0.404 e. The quantitative estimate of drug-likeness (QED) is 0.716. The van der Waals surface area contributed by atoms with Crippen molar-refractivity contribution in [2.75, 3.05) is 18.5 Å². The zero-order valence-corrected chi connectivity index (χ0v) is 14.1. The van der Waals surface area contributed by atoms with Gasteiger partial charge in [0.05, 0.1) is 5.69 Å². The number of aromatic nitrogens is 4. The lowest BCUT2D eigenvalue weighted by Gasteiger charge is -2.27. The number of anilines is 1. The number of nitrogens with one attached hydrogen (secondary N) is 2. The van der Waals surface area contributed by atoms with Crippen LogP contribution in [0.25, 0.3) is 11.2 Å². The van der Waals surface area contributed by atoms with E-state index in [1.54, 1.807) is 10.8 Å². The summed E-state index contributed by atoms with van der Waals surface area (Å²) in [6.45, 7) is 1.54. The molecular formula is C17H23N7O. The number of rotatable bonds is 5. The number of nitrogens with zero attached hydrogens (tertiary/aromatic N) is 4. The van der Waals surface area contributed by atoms with Crippen molar-refractivity contribution in [1.29, 1.82) is 5.41 Å². The molecule has 0 amide bonds. The molecule has 0 bridgehead atoms. The minimum atomic E-state index is 0.340. The molecule has 2 fully saturated rings. The van der Waals surface area contributed by atoms with Gasteiger partial charge in [0.25, 0.3) is 0 Å². The molecule has 1 aliphatic carbocycles. The first-order valence-corrected chi connectivity index (χ1v) is 8.82. The van der Waals surface area contributed by atoms with E-state index in [0.29, 0.717) is 23.5 Å². The number of allylic oxidation sites excluding steroid dienone is 1. The summed E-state index contributed by atoms with van der Waals surface area (Å²) in [5, 5.41) is 15.6. The average molecular weight is 341 g/mol. The van der Waals surface area contributed by atoms with Crippen molar-refractivity contribution >= 4 is 23.4 Å². The van der Waals surface area contributed by atoms with Gasteiger partial charge in [0.1, 0.15) is 6.33 Å². The molecule has 25 heavy (non-hydrogen) atoms. The van der Waals surface area contributed by atoms with E-state index in [1.807, 2.05) is 0 Å². The fourth-order valence-corrected chi connectivity index (χ4v) is 3.46. The predicted molar refractivity (Wildman–Crippen MR) is 95.8 cm³/mol. The molecule has 0 unspecified atom stereocenters. The third kappa shape index (κ3) is 2.97. The van der Waals surface area contributed by atoms with E-state index < -0.39 is 0 Å². The highest BCUT2D eigenvalue weighted by Gasteiger charge is 2.28. The number of hydrogen-bond acceptors (Lipinski definition) is 7. The van der Waals surface area contributed by atoms with Crippen LogP contribution in [0.2, 0.25) is 0 Å². The van der Waals surface area contributed by atoms with Gasteiger partial charge in [-0.3, -0.25) is 0 Å². The van der Waals surface area contributed by atoms with Crippen molar-refractivity contribution in [3.63, 3.8) is 0 Å². The second-order valence-corrected chi connectivity index (χ2v) is 6.64. The van der Waals surface area contributed by atoms with Crippen LogP contribution in [0, 0.1) is 5.41 Å². The van der Waals surface area contributed by atoms with E-state index in [4.69, 9.17) is 20.9 Å². The van der Waals surface area contributed by atoms with Gasteiger partial charge in [-0.25, -0.2) is 9.50 Å². The molecule has 132 valence electrons. The minimum absolute atomic E-state index is 0.340. The normalized spacial score (nSPS) is 19.8. The Bertz CT molecular complexity index is 803. The fourth-order valence-electron chi connectivity index (χ4n) is 3.46. The lowest BCUT2D eigenvalue weighted by atomic mass is 9.79. The van der Waals surface area contributed by atoms with E-state index in [1.165, 1.54) is 18.8 Å². The van der Waals surface area contributed by atoms with Crippen molar-refractivity contribution in [2.45, 2.75) is 44.1 Å². The number of fused-ring (bicyclic) bond motifs is 1. The summed E-state index contributed by atoms with van der Waals surface area (Å²) >= 11 is 0. The van der Waals surface area contributed by atoms with Crippen LogP contribution in [0.5, 0.6) is 0 Å². The number of nitrogens with two attached hydrogens (primary N) is 1. The van der Waals surface area contributed by atoms with E-state index in [2.05, 4.69) is 15.4 Å². The van der Waals surface area contributed by atoms with Crippen molar-refractivity contribution < 1.29 is 4.74 Å². The maximum atomic E-state index is 7.61. The standard InChI is InChI=1S/C17H23N7O/c18-8-12(9-19)15-14(11-2-1-3-11)16-22-17(23-24(16)10-20-15)21-13-4-6-25-7-5-13/h8-11,13,18H,1-7,19H2,(H,21,23)/b12-9+,18-8?. The van der Waals surface area contributed by atoms with E-state index in [9.17, 15) is 0 Å². The van der Waals surface area contributed by atoms with Crippen LogP contribution in [0.3, 0.4) is 0 Å². The monoisotopic (exact) mass is 341 g/mol. The second kappa shape index (κ2) is 6.79. The van der Waals surface area contributed by atoms with Crippen molar-refractivity contribution in [1.82, 2.24) is 19.6 Å². The Hall–Kier alpha value is -2.48. The Morgan fingerprint density at radius 2 is 2.12 bits per heavy atom. The Morgan fingerprint density at radius 1 is 1.32 bits per heavy atom. The number of ether oxygens (including phenoxy) is 1. The molecule has 3 heterocycles. The van der Waals surface area contributed by atoms with Crippen molar-refractivity contribution in [2.24, 2.45) is 5.73 Å². The second-order valence-electron chi connectivity index (χ2n) is 6.64. The van der Waals surface area contributed by atoms with Gasteiger partial charge in [-0.1, -0.05) is 6.42 Å². The Balaban J connectivity index is 1.74. The van der Waals surface area contributed by atoms with Gasteiger partial charge in [-0.15, -0.1) is 5.10 Å². The predicted octanol–water partition coefficient (Wildman–Crippen LogP) is 1.93. The summed E-state index contributed by atoms with van der Waals surface area (Å²) in [7, 11) is 0. The van der Waals surface area contributed by atoms with Crippen LogP contribution in [0.4, 0.5) is 5.95 Å². The molecule has 1 aliphatic heterocycles. The molecule has 2 aromatic heterocycles. The molecule has 2 aromatic rings. The van der Waals surface area contributed by atoms with Gasteiger partial charge >= 0.3 is 0 Å². The van der Waals surface area contributed by atoms with Crippen molar-refractivity contribution in [3.05, 3.63) is 23.8 Å². The molecule has 4 rings (SSSR count). The SMILES string of the molecule is N=C/C(=C\N)c1ncn2nc(NC3CCOCC3)nc2c1C1CCC1. The summed E-state index contributed by atoms with van der Waals surface area (Å²) in [5.41, 5.74) is 8.93. The summed E-state index contributed by atoms with van der Waals surface area (Å²) in [4.78, 5) is 9.26. The summed E-state index contributed by atoms with van der Waals surface area (Å²) < 4.78 is 7.13. The Morgan fingerprint density at radius 3 is 2.76 bits per heavy atom. The molecule has 1 saturated heterocycles. The molecule has 8 heteroatoms. The van der Waals surface area contributed by atoms with E-state index in [0.717, 1.165) is 55.8 Å². The fraction of sp³-hybridized carbons (Fsp3) is 0.529. The topological polar surface area (TPSA) is 114 Å². The van der Waals surface area contributed by atoms with Crippen LogP contribution in [0.15, 0.2) is 12.5 Å². The third-order valence-corrected chi connectivity index (χ3v) is 5.10. The van der Waals surface area contributed by atoms with Crippen LogP contribution in [-0.2, 0) is 4.74 Å². The van der Waals surface area contributed by atoms with Crippen LogP contribution in [0.1, 0.15) is 49.3 Å². The van der Waals surface area contributed by atoms with Gasteiger partial charge in [0, 0.05) is 42.8 Å². The van der Waals surface area contributed by atoms with Gasteiger partial charge in [0.15, 0.2) is 5.65 Å². The zero-order valence-electron chi connectivity index (χ0n) is 14.1. The number of hydrogen-bond donors (Lipinski definition) is 3. The first kappa shape index (κ1) is 16.0. The van der Waals surface area contributed by atoms with Gasteiger partial charge in [-0.2, -0.15) is 4.98 Å². The van der Waals surface area contributed by atoms with Gasteiger partial charge in [0.2, 0.25) is 5.95 Å². The average Bonchev–Trinajstić information content (AvgIpc) is 2.99. The highest BCUT2D eigenvalue weighted by Crippen LogP contribution is 2.40. The smallest absolute Gasteiger partial charge is 0.243 e. The van der Waals surface area contributed by atoms with E-state index >= 15 is 0 Å². The summed E-state index contributed by atoms with van der Waals surface area (Å²) in [6, 6.07) is 0.340. The molecule has 8 nitrogen and oxygen atoms in total. The van der Waals surface area contributed by atoms with Crippen LogP contribution < -0.4 is 11.1 Å². The first-order valence-electron chi connectivity index (χ1n) is 8.82. The molecule has 0 atom stereocenters. The van der Waals surface area contributed by atoms with Crippen LogP contribution >= 0.6 is 0 Å². The molecule has 1 saturated carbocycles. The maximum Gasteiger partial charge on any atom is 0.243 e. The lowest BCUT2D eigenvalue weighted by molar-refractivity contribution is 0.0903. The maximum absolute atomic E-state index is 7.61. The van der Waals surface area contributed by atoms with Crippen molar-refractivity contribution in [3.8, 4) is 0 Å². The van der Waals surface area contributed by atoms with E-state index in [-0.39, 0.29) is 0 Å². The Labute approximate surface area is 146 Å².